The van der Waals surface area contributed by atoms with E-state index in [2.05, 4.69) is 15.0 Å². The van der Waals surface area contributed by atoms with E-state index in [0.717, 1.165) is 5.56 Å². The molecule has 132 valence electrons. The van der Waals surface area contributed by atoms with Gasteiger partial charge in [-0.2, -0.15) is 8.78 Å². The van der Waals surface area contributed by atoms with Crippen molar-refractivity contribution < 1.29 is 18.3 Å². The second kappa shape index (κ2) is 8.20. The molecular formula is C20H16F2N2O2. The van der Waals surface area contributed by atoms with Crippen LogP contribution < -0.4 is 10.1 Å². The van der Waals surface area contributed by atoms with Gasteiger partial charge >= 0.3 is 6.61 Å². The first-order valence-corrected chi connectivity index (χ1v) is 7.95. The van der Waals surface area contributed by atoms with Gasteiger partial charge in [-0.1, -0.05) is 42.5 Å². The van der Waals surface area contributed by atoms with Crippen molar-refractivity contribution in [1.82, 2.24) is 10.3 Å². The average Bonchev–Trinajstić information content (AvgIpc) is 2.67. The lowest BCUT2D eigenvalue weighted by atomic mass is 10.0. The van der Waals surface area contributed by atoms with Crippen molar-refractivity contribution in [2.24, 2.45) is 0 Å². The van der Waals surface area contributed by atoms with Gasteiger partial charge in [0.2, 0.25) is 0 Å². The maximum Gasteiger partial charge on any atom is 0.387 e. The number of amides is 1. The summed E-state index contributed by atoms with van der Waals surface area (Å²) in [6, 6.07) is 20.0. The van der Waals surface area contributed by atoms with Crippen LogP contribution in [0.4, 0.5) is 8.78 Å². The number of hydrogen-bond donors (Lipinski definition) is 1. The van der Waals surface area contributed by atoms with Crippen LogP contribution in [0.2, 0.25) is 0 Å². The van der Waals surface area contributed by atoms with E-state index in [4.69, 9.17) is 0 Å². The molecule has 4 nitrogen and oxygen atoms in total. The Morgan fingerprint density at radius 2 is 1.73 bits per heavy atom. The Labute approximate surface area is 149 Å². The number of nitrogens with one attached hydrogen (secondary N) is 1. The summed E-state index contributed by atoms with van der Waals surface area (Å²) >= 11 is 0. The lowest BCUT2D eigenvalue weighted by molar-refractivity contribution is -0.0498. The van der Waals surface area contributed by atoms with Crippen molar-refractivity contribution in [1.29, 1.82) is 0 Å². The number of carbonyl (C=O) groups excluding carboxylic acids is 1. The largest absolute Gasteiger partial charge is 0.435 e. The highest BCUT2D eigenvalue weighted by Crippen LogP contribution is 2.22. The van der Waals surface area contributed by atoms with Crippen molar-refractivity contribution in [2.45, 2.75) is 12.7 Å². The van der Waals surface area contributed by atoms with Gasteiger partial charge in [-0.05, 0) is 35.9 Å². The van der Waals surface area contributed by atoms with E-state index in [1.54, 1.807) is 12.3 Å². The van der Waals surface area contributed by atoms with Gasteiger partial charge in [0, 0.05) is 11.8 Å². The van der Waals surface area contributed by atoms with Crippen LogP contribution in [-0.4, -0.2) is 17.5 Å². The molecule has 0 aliphatic rings. The molecule has 2 aromatic carbocycles. The quantitative estimate of drug-likeness (QED) is 0.722. The summed E-state index contributed by atoms with van der Waals surface area (Å²) in [5.74, 6) is -0.481. The fourth-order valence-electron chi connectivity index (χ4n) is 2.55. The normalized spacial score (nSPS) is 11.8. The number of halogens is 2. The molecule has 0 aliphatic carbocycles. The molecule has 1 heterocycles. The number of ether oxygens (including phenoxy) is 1. The number of aromatic nitrogens is 1. The van der Waals surface area contributed by atoms with Gasteiger partial charge in [0.05, 0.1) is 11.7 Å². The maximum absolute atomic E-state index is 12.7. The summed E-state index contributed by atoms with van der Waals surface area (Å²) in [5, 5.41) is 2.90. The summed E-state index contributed by atoms with van der Waals surface area (Å²) in [5.41, 5.74) is 1.76. The first-order valence-electron chi connectivity index (χ1n) is 7.95. The number of alkyl halides is 2. The molecule has 1 N–H and O–H groups in total. The Hall–Kier alpha value is -3.28. The van der Waals surface area contributed by atoms with E-state index in [0.29, 0.717) is 5.69 Å². The third-order valence-corrected chi connectivity index (χ3v) is 3.71. The molecule has 3 rings (SSSR count). The summed E-state index contributed by atoms with van der Waals surface area (Å²) in [4.78, 5) is 17.0. The third kappa shape index (κ3) is 4.42. The van der Waals surface area contributed by atoms with Gasteiger partial charge < -0.3 is 10.1 Å². The highest BCUT2D eigenvalue weighted by atomic mass is 19.3. The summed E-state index contributed by atoms with van der Waals surface area (Å²) in [6.45, 7) is -2.95. The monoisotopic (exact) mass is 354 g/mol. The minimum Gasteiger partial charge on any atom is -0.435 e. The number of hydrogen-bond acceptors (Lipinski definition) is 3. The Bertz CT molecular complexity index is 818. The molecule has 0 bridgehead atoms. The lowest BCUT2D eigenvalue weighted by Crippen LogP contribution is -2.29. The van der Waals surface area contributed by atoms with E-state index < -0.39 is 18.6 Å². The molecule has 1 aromatic heterocycles. The van der Waals surface area contributed by atoms with Crippen molar-refractivity contribution in [2.75, 3.05) is 0 Å². The molecule has 0 saturated heterocycles. The zero-order chi connectivity index (χ0) is 18.4. The molecule has 1 amide bonds. The Balaban J connectivity index is 1.86. The number of nitrogens with zero attached hydrogens (tertiary/aromatic N) is 1. The number of rotatable bonds is 6. The molecular weight excluding hydrogens is 338 g/mol. The first kappa shape index (κ1) is 17.5. The van der Waals surface area contributed by atoms with Crippen LogP contribution in [0.1, 0.15) is 27.7 Å². The molecule has 6 heteroatoms. The average molecular weight is 354 g/mol. The van der Waals surface area contributed by atoms with Gasteiger partial charge in [-0.3, -0.25) is 9.78 Å². The predicted octanol–water partition coefficient (Wildman–Crippen LogP) is 4.20. The Morgan fingerprint density at radius 3 is 2.42 bits per heavy atom. The van der Waals surface area contributed by atoms with Crippen molar-refractivity contribution in [3.05, 3.63) is 95.8 Å². The topological polar surface area (TPSA) is 51.2 Å². The molecule has 1 atom stereocenters. The summed E-state index contributed by atoms with van der Waals surface area (Å²) in [6.07, 6.45) is 1.65. The van der Waals surface area contributed by atoms with E-state index >= 15 is 0 Å². The highest BCUT2D eigenvalue weighted by molar-refractivity contribution is 5.95. The second-order valence-electron chi connectivity index (χ2n) is 5.48. The summed E-state index contributed by atoms with van der Waals surface area (Å²) < 4.78 is 29.1. The minimum absolute atomic E-state index is 0.0678. The van der Waals surface area contributed by atoms with E-state index in [-0.39, 0.29) is 11.3 Å². The number of carbonyl (C=O) groups is 1. The van der Waals surface area contributed by atoms with E-state index in [1.807, 2.05) is 42.5 Å². The Morgan fingerprint density at radius 1 is 0.962 bits per heavy atom. The van der Waals surface area contributed by atoms with Crippen LogP contribution in [0.25, 0.3) is 0 Å². The zero-order valence-electron chi connectivity index (χ0n) is 13.7. The van der Waals surface area contributed by atoms with Gasteiger partial charge in [0.1, 0.15) is 5.75 Å². The molecule has 3 aromatic rings. The van der Waals surface area contributed by atoms with E-state index in [9.17, 15) is 13.6 Å². The van der Waals surface area contributed by atoms with Crippen LogP contribution in [0.5, 0.6) is 5.75 Å². The molecule has 26 heavy (non-hydrogen) atoms. The van der Waals surface area contributed by atoms with Crippen LogP contribution in [0, 0.1) is 0 Å². The first-order chi connectivity index (χ1) is 12.6. The van der Waals surface area contributed by atoms with Crippen LogP contribution in [0.15, 0.2) is 79.0 Å². The summed E-state index contributed by atoms with van der Waals surface area (Å²) in [7, 11) is 0. The van der Waals surface area contributed by atoms with Crippen molar-refractivity contribution in [3.63, 3.8) is 0 Å². The van der Waals surface area contributed by atoms with Crippen LogP contribution >= 0.6 is 0 Å². The fraction of sp³-hybridized carbons (Fsp3) is 0.100. The number of pyridine rings is 1. The smallest absolute Gasteiger partial charge is 0.387 e. The fourth-order valence-corrected chi connectivity index (χ4v) is 2.55. The van der Waals surface area contributed by atoms with Gasteiger partial charge in [-0.25, -0.2) is 0 Å². The lowest BCUT2D eigenvalue weighted by Gasteiger charge is -2.19. The van der Waals surface area contributed by atoms with Gasteiger partial charge in [-0.15, -0.1) is 0 Å². The third-order valence-electron chi connectivity index (χ3n) is 3.71. The second-order valence-corrected chi connectivity index (χ2v) is 5.48. The van der Waals surface area contributed by atoms with Gasteiger partial charge in [0.15, 0.2) is 0 Å². The highest BCUT2D eigenvalue weighted by Gasteiger charge is 2.19. The maximum atomic E-state index is 12.7. The van der Waals surface area contributed by atoms with Crippen LogP contribution in [-0.2, 0) is 0 Å². The standard InChI is InChI=1S/C20H16F2N2O2/c21-20(22)26-16-10-6-9-15(13-16)19(25)24-18(14-7-2-1-3-8-14)17-11-4-5-12-23-17/h1-13,18,20H,(H,24,25). The van der Waals surface area contributed by atoms with Crippen LogP contribution in [0.3, 0.4) is 0 Å². The van der Waals surface area contributed by atoms with E-state index in [1.165, 1.54) is 24.3 Å². The predicted molar refractivity (Wildman–Crippen MR) is 93.1 cm³/mol. The van der Waals surface area contributed by atoms with Crippen molar-refractivity contribution in [3.8, 4) is 5.75 Å². The molecule has 1 unspecified atom stereocenters. The number of benzene rings is 2. The molecule has 0 saturated carbocycles. The Kier molecular flexibility index (Phi) is 5.53. The molecule has 0 radical (unpaired) electrons. The van der Waals surface area contributed by atoms with Crippen molar-refractivity contribution >= 4 is 5.91 Å². The molecule has 0 spiro atoms. The molecule has 0 fully saturated rings. The zero-order valence-corrected chi connectivity index (χ0v) is 13.7. The SMILES string of the molecule is O=C(NC(c1ccccc1)c1ccccn1)c1cccc(OC(F)F)c1. The minimum atomic E-state index is -2.95. The van der Waals surface area contributed by atoms with Gasteiger partial charge in [0.25, 0.3) is 5.91 Å². The molecule has 0 aliphatic heterocycles.